The summed E-state index contributed by atoms with van der Waals surface area (Å²) < 4.78 is 12.9. The van der Waals surface area contributed by atoms with Gasteiger partial charge in [-0.3, -0.25) is 4.79 Å². The van der Waals surface area contributed by atoms with E-state index < -0.39 is 11.9 Å². The van der Waals surface area contributed by atoms with Crippen LogP contribution in [-0.4, -0.2) is 10.9 Å². The van der Waals surface area contributed by atoms with Crippen molar-refractivity contribution in [3.8, 4) is 6.07 Å². The van der Waals surface area contributed by atoms with Gasteiger partial charge in [0.25, 0.3) is 5.91 Å². The highest BCUT2D eigenvalue weighted by Gasteiger charge is 2.09. The maximum absolute atomic E-state index is 12.9. The molecule has 0 radical (unpaired) electrons. The average Bonchev–Trinajstić information content (AvgIpc) is 2.41. The molecule has 1 aromatic carbocycles. The Bertz CT molecular complexity index is 677. The molecule has 2 aromatic rings. The normalized spacial score (nSPS) is 9.74. The van der Waals surface area contributed by atoms with Crippen molar-refractivity contribution in [3.05, 3.63) is 59.2 Å². The van der Waals surface area contributed by atoms with E-state index in [4.69, 9.17) is 5.26 Å². The molecule has 0 aliphatic rings. The van der Waals surface area contributed by atoms with Gasteiger partial charge in [-0.2, -0.15) is 9.65 Å². The number of anilines is 1. The zero-order valence-electron chi connectivity index (χ0n) is 10.1. The smallest absolute Gasteiger partial charge is 0.255 e. The van der Waals surface area contributed by atoms with Gasteiger partial charge in [0.05, 0.1) is 11.6 Å². The van der Waals surface area contributed by atoms with Crippen molar-refractivity contribution in [3.63, 3.8) is 0 Å². The third-order valence-electron chi connectivity index (χ3n) is 2.60. The van der Waals surface area contributed by atoms with Gasteiger partial charge >= 0.3 is 0 Å². The average molecular weight is 255 g/mol. The number of aryl methyl sites for hydroxylation is 1. The second-order valence-electron chi connectivity index (χ2n) is 3.96. The maximum atomic E-state index is 12.9. The molecule has 5 heteroatoms. The molecule has 1 aromatic heterocycles. The summed E-state index contributed by atoms with van der Waals surface area (Å²) >= 11 is 0. The first-order valence-corrected chi connectivity index (χ1v) is 5.54. The van der Waals surface area contributed by atoms with E-state index in [1.807, 2.05) is 13.0 Å². The molecule has 2 rings (SSSR count). The van der Waals surface area contributed by atoms with E-state index in [1.54, 1.807) is 18.2 Å². The van der Waals surface area contributed by atoms with Crippen LogP contribution in [0.25, 0.3) is 0 Å². The van der Waals surface area contributed by atoms with Gasteiger partial charge in [-0.1, -0.05) is 6.07 Å². The third-order valence-corrected chi connectivity index (χ3v) is 2.60. The highest BCUT2D eigenvalue weighted by Crippen LogP contribution is 2.17. The lowest BCUT2D eigenvalue weighted by Crippen LogP contribution is -2.13. The van der Waals surface area contributed by atoms with Crippen molar-refractivity contribution >= 4 is 11.6 Å². The topological polar surface area (TPSA) is 65.8 Å². The summed E-state index contributed by atoms with van der Waals surface area (Å²) in [5, 5.41) is 11.5. The minimum atomic E-state index is -0.713. The molecule has 1 amide bonds. The van der Waals surface area contributed by atoms with E-state index in [0.29, 0.717) is 11.3 Å². The van der Waals surface area contributed by atoms with Crippen LogP contribution in [0.2, 0.25) is 0 Å². The summed E-state index contributed by atoms with van der Waals surface area (Å²) in [4.78, 5) is 15.3. The van der Waals surface area contributed by atoms with Gasteiger partial charge in [-0.15, -0.1) is 0 Å². The number of aromatic nitrogens is 1. The quantitative estimate of drug-likeness (QED) is 0.839. The lowest BCUT2D eigenvalue weighted by molar-refractivity contribution is 0.102. The molecule has 0 spiro atoms. The molecule has 1 N–H and O–H groups in total. The second kappa shape index (κ2) is 5.27. The Kier molecular flexibility index (Phi) is 3.53. The zero-order valence-corrected chi connectivity index (χ0v) is 10.1. The fourth-order valence-corrected chi connectivity index (χ4v) is 1.56. The molecule has 1 heterocycles. The minimum Gasteiger partial charge on any atom is -0.322 e. The summed E-state index contributed by atoms with van der Waals surface area (Å²) in [5.74, 6) is -1.16. The Morgan fingerprint density at radius 3 is 2.84 bits per heavy atom. The molecule has 0 saturated carbocycles. The number of benzene rings is 1. The number of nitrogens with one attached hydrogen (secondary N) is 1. The fraction of sp³-hybridized carbons (Fsp3) is 0.0714. The highest BCUT2D eigenvalue weighted by molar-refractivity contribution is 6.04. The molecular formula is C14H10FN3O. The van der Waals surface area contributed by atoms with Crippen LogP contribution >= 0.6 is 0 Å². The van der Waals surface area contributed by atoms with Crippen LogP contribution < -0.4 is 5.32 Å². The van der Waals surface area contributed by atoms with E-state index in [2.05, 4.69) is 10.3 Å². The monoisotopic (exact) mass is 255 g/mol. The Hall–Kier alpha value is -2.74. The molecule has 0 aliphatic carbocycles. The Labute approximate surface area is 109 Å². The predicted octanol–water partition coefficient (Wildman–Crippen LogP) is 2.65. The van der Waals surface area contributed by atoms with Crippen molar-refractivity contribution in [2.75, 3.05) is 5.32 Å². The first kappa shape index (κ1) is 12.7. The van der Waals surface area contributed by atoms with Crippen LogP contribution in [0.4, 0.5) is 10.1 Å². The van der Waals surface area contributed by atoms with Crippen LogP contribution in [-0.2, 0) is 0 Å². The van der Waals surface area contributed by atoms with Gasteiger partial charge < -0.3 is 5.32 Å². The molecule has 0 saturated heterocycles. The summed E-state index contributed by atoms with van der Waals surface area (Å²) in [7, 11) is 0. The molecule has 0 aliphatic heterocycles. The molecule has 0 fully saturated rings. The maximum Gasteiger partial charge on any atom is 0.255 e. The van der Waals surface area contributed by atoms with Crippen LogP contribution in [0.3, 0.4) is 0 Å². The van der Waals surface area contributed by atoms with E-state index >= 15 is 0 Å². The van der Waals surface area contributed by atoms with Gasteiger partial charge in [-0.25, -0.2) is 4.98 Å². The van der Waals surface area contributed by atoms with Crippen LogP contribution in [0.15, 0.2) is 36.5 Å². The van der Waals surface area contributed by atoms with E-state index in [1.165, 1.54) is 12.3 Å². The highest BCUT2D eigenvalue weighted by atomic mass is 19.1. The number of halogens is 1. The first-order valence-electron chi connectivity index (χ1n) is 5.54. The molecule has 94 valence electrons. The Morgan fingerprint density at radius 2 is 2.16 bits per heavy atom. The third kappa shape index (κ3) is 2.93. The van der Waals surface area contributed by atoms with Crippen molar-refractivity contribution in [2.24, 2.45) is 0 Å². The van der Waals surface area contributed by atoms with E-state index in [-0.39, 0.29) is 5.56 Å². The number of carbonyl (C=O) groups excluding carboxylic acids is 1. The Balaban J connectivity index is 2.27. The first-order chi connectivity index (χ1) is 9.10. The van der Waals surface area contributed by atoms with E-state index in [9.17, 15) is 9.18 Å². The lowest BCUT2D eigenvalue weighted by Gasteiger charge is -2.08. The largest absolute Gasteiger partial charge is 0.322 e. The number of pyridine rings is 1. The number of nitrogens with zero attached hydrogens (tertiary/aromatic N) is 2. The lowest BCUT2D eigenvalue weighted by atomic mass is 10.1. The van der Waals surface area contributed by atoms with Crippen molar-refractivity contribution in [2.45, 2.75) is 6.92 Å². The zero-order chi connectivity index (χ0) is 13.8. The number of carbonyl (C=O) groups is 1. The van der Waals surface area contributed by atoms with Crippen molar-refractivity contribution < 1.29 is 9.18 Å². The standard InChI is InChI=1S/C14H10FN3O/c1-9-2-3-10(8-16)6-12(9)18-14(19)11-4-5-17-13(15)7-11/h2-7H,1H3,(H,18,19). The van der Waals surface area contributed by atoms with Gasteiger partial charge in [0.2, 0.25) is 5.95 Å². The van der Waals surface area contributed by atoms with Gasteiger partial charge in [0.15, 0.2) is 0 Å². The Morgan fingerprint density at radius 1 is 1.37 bits per heavy atom. The van der Waals surface area contributed by atoms with Crippen LogP contribution in [0.5, 0.6) is 0 Å². The fourth-order valence-electron chi connectivity index (χ4n) is 1.56. The van der Waals surface area contributed by atoms with Gasteiger partial charge in [0.1, 0.15) is 0 Å². The van der Waals surface area contributed by atoms with Gasteiger partial charge in [0, 0.05) is 23.5 Å². The molecule has 0 atom stereocenters. The molecular weight excluding hydrogens is 245 g/mol. The number of rotatable bonds is 2. The van der Waals surface area contributed by atoms with Crippen molar-refractivity contribution in [1.82, 2.24) is 4.98 Å². The SMILES string of the molecule is Cc1ccc(C#N)cc1NC(=O)c1ccnc(F)c1. The predicted molar refractivity (Wildman–Crippen MR) is 68.0 cm³/mol. The van der Waals surface area contributed by atoms with Crippen LogP contribution in [0.1, 0.15) is 21.5 Å². The molecule has 0 bridgehead atoms. The summed E-state index contributed by atoms with van der Waals surface area (Å²) in [6.45, 7) is 1.81. The second-order valence-corrected chi connectivity index (χ2v) is 3.96. The summed E-state index contributed by atoms with van der Waals surface area (Å²) in [5.41, 5.74) is 1.97. The minimum absolute atomic E-state index is 0.175. The summed E-state index contributed by atoms with van der Waals surface area (Å²) in [6, 6.07) is 9.44. The summed E-state index contributed by atoms with van der Waals surface area (Å²) in [6.07, 6.45) is 1.23. The number of hydrogen-bond donors (Lipinski definition) is 1. The van der Waals surface area contributed by atoms with E-state index in [0.717, 1.165) is 11.6 Å². The van der Waals surface area contributed by atoms with Crippen molar-refractivity contribution in [1.29, 1.82) is 5.26 Å². The molecule has 19 heavy (non-hydrogen) atoms. The van der Waals surface area contributed by atoms with Crippen LogP contribution in [0, 0.1) is 24.2 Å². The molecule has 4 nitrogen and oxygen atoms in total. The number of nitriles is 1. The number of amides is 1. The van der Waals surface area contributed by atoms with Gasteiger partial charge in [-0.05, 0) is 30.7 Å². The number of hydrogen-bond acceptors (Lipinski definition) is 3. The molecule has 0 unspecified atom stereocenters.